The second-order valence-electron chi connectivity index (χ2n) is 8.40. The Morgan fingerprint density at radius 1 is 1.18 bits per heavy atom. The standard InChI is InChI=1S/C24H24ClN5O4/c1-13-10-26-23(24(4,5)32)29-20(13)16-7-6-8-18(9-16)30-14(2)27-21(19(25)22(30)31)34-12-17-11-33-15(3)28-17/h6-11,32H,12H2,1-5H3. The molecule has 3 heterocycles. The summed E-state index contributed by atoms with van der Waals surface area (Å²) in [5.41, 5.74) is 1.72. The van der Waals surface area contributed by atoms with Crippen molar-refractivity contribution in [2.24, 2.45) is 0 Å². The van der Waals surface area contributed by atoms with Gasteiger partial charge in [-0.25, -0.2) is 15.0 Å². The fraction of sp³-hybridized carbons (Fsp3) is 0.292. The van der Waals surface area contributed by atoms with Gasteiger partial charge >= 0.3 is 0 Å². The Labute approximate surface area is 201 Å². The monoisotopic (exact) mass is 481 g/mol. The second-order valence-corrected chi connectivity index (χ2v) is 8.78. The summed E-state index contributed by atoms with van der Waals surface area (Å²) in [7, 11) is 0. The third-order valence-electron chi connectivity index (χ3n) is 5.09. The first-order valence-corrected chi connectivity index (χ1v) is 10.9. The Kier molecular flexibility index (Phi) is 6.24. The van der Waals surface area contributed by atoms with Crippen molar-refractivity contribution >= 4 is 11.6 Å². The van der Waals surface area contributed by atoms with Gasteiger partial charge in [-0.3, -0.25) is 9.36 Å². The summed E-state index contributed by atoms with van der Waals surface area (Å²) in [5.74, 6) is 1.24. The number of halogens is 1. The van der Waals surface area contributed by atoms with Crippen LogP contribution in [0.1, 0.15) is 42.6 Å². The molecule has 0 aliphatic heterocycles. The highest BCUT2D eigenvalue weighted by atomic mass is 35.5. The molecule has 3 aromatic heterocycles. The van der Waals surface area contributed by atoms with Crippen LogP contribution in [0.15, 0.2) is 45.9 Å². The summed E-state index contributed by atoms with van der Waals surface area (Å²) in [6.07, 6.45) is 3.14. The molecular weight excluding hydrogens is 458 g/mol. The van der Waals surface area contributed by atoms with Gasteiger partial charge in [0.05, 0.1) is 11.4 Å². The minimum Gasteiger partial charge on any atom is -0.470 e. The van der Waals surface area contributed by atoms with Crippen LogP contribution in [0.4, 0.5) is 0 Å². The van der Waals surface area contributed by atoms with Crippen molar-refractivity contribution in [3.8, 4) is 22.8 Å². The van der Waals surface area contributed by atoms with Crippen molar-refractivity contribution in [1.29, 1.82) is 0 Å². The molecule has 0 saturated heterocycles. The average molecular weight is 482 g/mol. The molecule has 0 amide bonds. The van der Waals surface area contributed by atoms with Crippen LogP contribution in [0.3, 0.4) is 0 Å². The van der Waals surface area contributed by atoms with Crippen LogP contribution in [0.2, 0.25) is 5.02 Å². The Bertz CT molecular complexity index is 1420. The molecule has 34 heavy (non-hydrogen) atoms. The van der Waals surface area contributed by atoms with E-state index in [0.29, 0.717) is 34.6 Å². The Balaban J connectivity index is 1.72. The quantitative estimate of drug-likeness (QED) is 0.438. The summed E-state index contributed by atoms with van der Waals surface area (Å²) < 4.78 is 12.2. The van der Waals surface area contributed by atoms with E-state index in [1.807, 2.05) is 25.1 Å². The van der Waals surface area contributed by atoms with Crippen LogP contribution in [0, 0.1) is 20.8 Å². The van der Waals surface area contributed by atoms with Gasteiger partial charge in [-0.1, -0.05) is 23.7 Å². The number of hydrogen-bond donors (Lipinski definition) is 1. The lowest BCUT2D eigenvalue weighted by Gasteiger charge is -2.17. The van der Waals surface area contributed by atoms with Crippen LogP contribution >= 0.6 is 11.6 Å². The average Bonchev–Trinajstić information content (AvgIpc) is 3.20. The Hall–Kier alpha value is -3.56. The Morgan fingerprint density at radius 2 is 1.94 bits per heavy atom. The maximum atomic E-state index is 13.1. The first-order chi connectivity index (χ1) is 16.0. The minimum absolute atomic E-state index is 0.0266. The number of ether oxygens (including phenoxy) is 1. The highest BCUT2D eigenvalue weighted by molar-refractivity contribution is 6.31. The van der Waals surface area contributed by atoms with E-state index in [2.05, 4.69) is 19.9 Å². The Morgan fingerprint density at radius 3 is 2.62 bits per heavy atom. The molecule has 0 fully saturated rings. The predicted molar refractivity (Wildman–Crippen MR) is 126 cm³/mol. The van der Waals surface area contributed by atoms with E-state index in [1.165, 1.54) is 10.8 Å². The van der Waals surface area contributed by atoms with Crippen LogP contribution < -0.4 is 10.3 Å². The largest absolute Gasteiger partial charge is 0.470 e. The van der Waals surface area contributed by atoms with Gasteiger partial charge in [0.25, 0.3) is 5.56 Å². The zero-order chi connectivity index (χ0) is 24.6. The van der Waals surface area contributed by atoms with Gasteiger partial charge in [0.2, 0.25) is 5.88 Å². The SMILES string of the molecule is Cc1nc(COc2nc(C)n(-c3cccc(-c4nc(C(C)(C)O)ncc4C)c3)c(=O)c2Cl)co1. The van der Waals surface area contributed by atoms with E-state index in [9.17, 15) is 9.90 Å². The fourth-order valence-electron chi connectivity index (χ4n) is 3.42. The molecule has 0 bridgehead atoms. The normalized spacial score (nSPS) is 11.6. The van der Waals surface area contributed by atoms with Crippen molar-refractivity contribution in [3.63, 3.8) is 0 Å². The van der Waals surface area contributed by atoms with Gasteiger partial charge in [0, 0.05) is 18.7 Å². The number of oxazole rings is 1. The molecule has 0 aliphatic carbocycles. The highest BCUT2D eigenvalue weighted by Crippen LogP contribution is 2.27. The predicted octanol–water partition coefficient (Wildman–Crippen LogP) is 4.06. The number of aryl methyl sites for hydroxylation is 3. The molecule has 0 radical (unpaired) electrons. The molecule has 0 saturated carbocycles. The number of nitrogens with zero attached hydrogens (tertiary/aromatic N) is 5. The molecule has 0 aliphatic rings. The molecule has 176 valence electrons. The lowest BCUT2D eigenvalue weighted by atomic mass is 10.0. The van der Waals surface area contributed by atoms with E-state index in [1.54, 1.807) is 40.0 Å². The topological polar surface area (TPSA) is 116 Å². The van der Waals surface area contributed by atoms with Crippen LogP contribution in [0.5, 0.6) is 5.88 Å². The molecule has 1 N–H and O–H groups in total. The van der Waals surface area contributed by atoms with E-state index < -0.39 is 11.2 Å². The molecular formula is C24H24ClN5O4. The van der Waals surface area contributed by atoms with Crippen molar-refractivity contribution in [1.82, 2.24) is 24.5 Å². The third kappa shape index (κ3) is 4.71. The van der Waals surface area contributed by atoms with E-state index in [0.717, 1.165) is 11.1 Å². The molecule has 0 atom stereocenters. The van der Waals surface area contributed by atoms with E-state index in [4.69, 9.17) is 20.8 Å². The highest BCUT2D eigenvalue weighted by Gasteiger charge is 2.22. The first-order valence-electron chi connectivity index (χ1n) is 10.5. The van der Waals surface area contributed by atoms with Gasteiger partial charge in [-0.2, -0.15) is 4.98 Å². The lowest BCUT2D eigenvalue weighted by molar-refractivity contribution is 0.0688. The summed E-state index contributed by atoms with van der Waals surface area (Å²) in [4.78, 5) is 30.5. The van der Waals surface area contributed by atoms with E-state index in [-0.39, 0.29) is 17.5 Å². The minimum atomic E-state index is -1.19. The van der Waals surface area contributed by atoms with Crippen molar-refractivity contribution in [2.45, 2.75) is 46.8 Å². The number of benzene rings is 1. The molecule has 0 spiro atoms. The van der Waals surface area contributed by atoms with Gasteiger partial charge in [0.15, 0.2) is 16.7 Å². The summed E-state index contributed by atoms with van der Waals surface area (Å²) in [6.45, 7) is 8.62. The summed E-state index contributed by atoms with van der Waals surface area (Å²) in [5, 5.41) is 10.2. The third-order valence-corrected chi connectivity index (χ3v) is 5.41. The summed E-state index contributed by atoms with van der Waals surface area (Å²) >= 11 is 6.33. The number of hydrogen-bond acceptors (Lipinski definition) is 8. The van der Waals surface area contributed by atoms with Gasteiger partial charge in [-0.05, 0) is 45.4 Å². The molecule has 1 aromatic carbocycles. The second kappa shape index (κ2) is 9.00. The molecule has 4 rings (SSSR count). The number of aliphatic hydroxyl groups is 1. The first kappa shape index (κ1) is 23.6. The van der Waals surface area contributed by atoms with Crippen LogP contribution in [-0.4, -0.2) is 29.6 Å². The molecule has 10 heteroatoms. The van der Waals surface area contributed by atoms with Gasteiger partial charge in [-0.15, -0.1) is 0 Å². The van der Waals surface area contributed by atoms with Crippen molar-refractivity contribution in [2.75, 3.05) is 0 Å². The summed E-state index contributed by atoms with van der Waals surface area (Å²) in [6, 6.07) is 7.28. The fourth-order valence-corrected chi connectivity index (χ4v) is 3.60. The van der Waals surface area contributed by atoms with Crippen LogP contribution in [0.25, 0.3) is 16.9 Å². The lowest BCUT2D eigenvalue weighted by Crippen LogP contribution is -2.23. The van der Waals surface area contributed by atoms with Crippen molar-refractivity contribution in [3.05, 3.63) is 80.9 Å². The molecule has 0 unspecified atom stereocenters. The molecule has 4 aromatic rings. The number of rotatable bonds is 6. The zero-order valence-corrected chi connectivity index (χ0v) is 20.2. The zero-order valence-electron chi connectivity index (χ0n) is 19.5. The maximum absolute atomic E-state index is 13.1. The van der Waals surface area contributed by atoms with Gasteiger partial charge < -0.3 is 14.3 Å². The number of aromatic nitrogens is 5. The van der Waals surface area contributed by atoms with Crippen molar-refractivity contribution < 1.29 is 14.3 Å². The van der Waals surface area contributed by atoms with Crippen LogP contribution in [-0.2, 0) is 12.2 Å². The van der Waals surface area contributed by atoms with Gasteiger partial charge in [0.1, 0.15) is 30.0 Å². The maximum Gasteiger partial charge on any atom is 0.280 e. The molecule has 9 nitrogen and oxygen atoms in total. The van der Waals surface area contributed by atoms with E-state index >= 15 is 0 Å². The smallest absolute Gasteiger partial charge is 0.280 e.